The Morgan fingerprint density at radius 1 is 0.900 bits per heavy atom. The van der Waals surface area contributed by atoms with Gasteiger partial charge in [-0.05, 0) is 85.0 Å². The molecule has 166 valence electrons. The predicted octanol–water partition coefficient (Wildman–Crippen LogP) is 8.96. The molecule has 1 unspecified atom stereocenters. The summed E-state index contributed by atoms with van der Waals surface area (Å²) in [5.41, 5.74) is 0.672. The van der Waals surface area contributed by atoms with E-state index in [-0.39, 0.29) is 18.1 Å². The van der Waals surface area contributed by atoms with E-state index in [9.17, 15) is 26.3 Å². The number of halogens is 7. The molecule has 0 nitrogen and oxygen atoms in total. The van der Waals surface area contributed by atoms with Crippen molar-refractivity contribution in [3.8, 4) is 0 Å². The molecule has 1 aliphatic rings. The standard InChI is InChI=1S/C13H17Br.C10H8F6/c1-2-4-10-5-3-6-11-9-12(14)7-8-13(10)11;1-2-6-3-7(9(11,12)13)5-8(4-6)10(14,15)16/h7-10H,2-6H2,1H3;3-5H,2H2,1H3. The van der Waals surface area contributed by atoms with Gasteiger partial charge in [0.05, 0.1) is 11.1 Å². The van der Waals surface area contributed by atoms with Crippen LogP contribution in [0.15, 0.2) is 40.9 Å². The fraction of sp³-hybridized carbons (Fsp3) is 0.478. The number of hydrogen-bond donors (Lipinski definition) is 0. The average molecular weight is 495 g/mol. The summed E-state index contributed by atoms with van der Waals surface area (Å²) in [6, 6.07) is 8.40. The molecule has 0 saturated carbocycles. The van der Waals surface area contributed by atoms with Gasteiger partial charge in [0.1, 0.15) is 0 Å². The Morgan fingerprint density at radius 2 is 1.50 bits per heavy atom. The molecular formula is C23H25BrF6. The van der Waals surface area contributed by atoms with Gasteiger partial charge in [0.25, 0.3) is 0 Å². The molecule has 7 heteroatoms. The minimum absolute atomic E-state index is 0.0159. The number of benzene rings is 2. The lowest BCUT2D eigenvalue weighted by Crippen LogP contribution is -2.11. The van der Waals surface area contributed by atoms with Gasteiger partial charge >= 0.3 is 12.4 Å². The third-order valence-electron chi connectivity index (χ3n) is 5.24. The van der Waals surface area contributed by atoms with Crippen LogP contribution in [0.25, 0.3) is 0 Å². The lowest BCUT2D eigenvalue weighted by molar-refractivity contribution is -0.143. The normalized spacial score (nSPS) is 16.5. The first-order chi connectivity index (χ1) is 14.0. The molecule has 2 aromatic rings. The molecular weight excluding hydrogens is 470 g/mol. The molecule has 0 aromatic heterocycles. The molecule has 0 aliphatic heterocycles. The van der Waals surface area contributed by atoms with E-state index < -0.39 is 23.5 Å². The SMILES string of the molecule is CCCC1CCCc2cc(Br)ccc21.CCc1cc(C(F)(F)F)cc(C(F)(F)F)c1. The first-order valence-electron chi connectivity index (χ1n) is 10.0. The van der Waals surface area contributed by atoms with Gasteiger partial charge in [-0.2, -0.15) is 26.3 Å². The number of aryl methyl sites for hydroxylation is 2. The third-order valence-corrected chi connectivity index (χ3v) is 5.73. The Balaban J connectivity index is 0.000000215. The maximum atomic E-state index is 12.3. The highest BCUT2D eigenvalue weighted by Gasteiger charge is 2.36. The summed E-state index contributed by atoms with van der Waals surface area (Å²) in [6.45, 7) is 3.78. The molecule has 30 heavy (non-hydrogen) atoms. The summed E-state index contributed by atoms with van der Waals surface area (Å²) in [4.78, 5) is 0. The van der Waals surface area contributed by atoms with E-state index in [1.54, 1.807) is 11.1 Å². The van der Waals surface area contributed by atoms with E-state index in [1.165, 1.54) is 43.5 Å². The van der Waals surface area contributed by atoms with Crippen LogP contribution in [0.4, 0.5) is 26.3 Å². The summed E-state index contributed by atoms with van der Waals surface area (Å²) in [5.74, 6) is 0.830. The summed E-state index contributed by atoms with van der Waals surface area (Å²) in [5, 5.41) is 0. The number of rotatable bonds is 3. The molecule has 0 radical (unpaired) electrons. The van der Waals surface area contributed by atoms with Crippen molar-refractivity contribution in [2.45, 2.75) is 70.6 Å². The molecule has 0 fully saturated rings. The van der Waals surface area contributed by atoms with Crippen molar-refractivity contribution in [1.29, 1.82) is 0 Å². The van der Waals surface area contributed by atoms with Crippen LogP contribution in [0.1, 0.15) is 73.3 Å². The van der Waals surface area contributed by atoms with Gasteiger partial charge in [-0.15, -0.1) is 0 Å². The van der Waals surface area contributed by atoms with Crippen LogP contribution in [0.2, 0.25) is 0 Å². The largest absolute Gasteiger partial charge is 0.416 e. The van der Waals surface area contributed by atoms with Crippen molar-refractivity contribution >= 4 is 15.9 Å². The fourth-order valence-corrected chi connectivity index (χ4v) is 4.16. The van der Waals surface area contributed by atoms with E-state index in [0.29, 0.717) is 0 Å². The van der Waals surface area contributed by atoms with Gasteiger partial charge in [0.2, 0.25) is 0 Å². The van der Waals surface area contributed by atoms with Crippen LogP contribution in [-0.4, -0.2) is 0 Å². The summed E-state index contributed by atoms with van der Waals surface area (Å²) in [7, 11) is 0. The maximum absolute atomic E-state index is 12.3. The van der Waals surface area contributed by atoms with Gasteiger partial charge in [-0.1, -0.05) is 42.3 Å². The van der Waals surface area contributed by atoms with Gasteiger partial charge in [-0.3, -0.25) is 0 Å². The Kier molecular flexibility index (Phi) is 8.43. The Bertz CT molecular complexity index is 806. The summed E-state index contributed by atoms with van der Waals surface area (Å²) >= 11 is 3.55. The quantitative estimate of drug-likeness (QED) is 0.373. The van der Waals surface area contributed by atoms with Crippen LogP contribution < -0.4 is 0 Å². The minimum Gasteiger partial charge on any atom is -0.166 e. The van der Waals surface area contributed by atoms with E-state index >= 15 is 0 Å². The minimum atomic E-state index is -4.76. The number of fused-ring (bicyclic) bond motifs is 1. The van der Waals surface area contributed by atoms with Gasteiger partial charge in [0, 0.05) is 4.47 Å². The van der Waals surface area contributed by atoms with E-state index in [2.05, 4.69) is 41.1 Å². The predicted molar refractivity (Wildman–Crippen MR) is 111 cm³/mol. The Morgan fingerprint density at radius 3 is 2.00 bits per heavy atom. The summed E-state index contributed by atoms with van der Waals surface area (Å²) < 4.78 is 75.1. The second kappa shape index (κ2) is 10.2. The Hall–Kier alpha value is -1.50. The zero-order chi connectivity index (χ0) is 22.5. The zero-order valence-corrected chi connectivity index (χ0v) is 18.5. The maximum Gasteiger partial charge on any atom is 0.416 e. The van der Waals surface area contributed by atoms with Crippen LogP contribution in [0.5, 0.6) is 0 Å². The molecule has 1 aliphatic carbocycles. The lowest BCUT2D eigenvalue weighted by Gasteiger charge is -2.25. The highest BCUT2D eigenvalue weighted by atomic mass is 79.9. The lowest BCUT2D eigenvalue weighted by atomic mass is 9.81. The topological polar surface area (TPSA) is 0 Å². The molecule has 0 spiro atoms. The van der Waals surface area contributed by atoms with Crippen LogP contribution >= 0.6 is 15.9 Å². The van der Waals surface area contributed by atoms with Gasteiger partial charge in [-0.25, -0.2) is 0 Å². The highest BCUT2D eigenvalue weighted by Crippen LogP contribution is 2.37. The molecule has 0 bridgehead atoms. The number of hydrogen-bond acceptors (Lipinski definition) is 0. The second-order valence-corrected chi connectivity index (χ2v) is 8.40. The summed E-state index contributed by atoms with van der Waals surface area (Å²) in [6.07, 6.45) is -2.70. The average Bonchev–Trinajstić information content (AvgIpc) is 2.67. The smallest absolute Gasteiger partial charge is 0.166 e. The van der Waals surface area contributed by atoms with Crippen LogP contribution in [-0.2, 0) is 25.2 Å². The monoisotopic (exact) mass is 494 g/mol. The second-order valence-electron chi connectivity index (χ2n) is 7.49. The molecule has 0 N–H and O–H groups in total. The third kappa shape index (κ3) is 6.76. The van der Waals surface area contributed by atoms with E-state index in [0.717, 1.165) is 18.1 Å². The molecule has 1 atom stereocenters. The van der Waals surface area contributed by atoms with Crippen LogP contribution in [0, 0.1) is 0 Å². The first kappa shape index (κ1) is 24.8. The van der Waals surface area contributed by atoms with Crippen molar-refractivity contribution in [3.05, 3.63) is 68.7 Å². The van der Waals surface area contributed by atoms with Crippen molar-refractivity contribution in [3.63, 3.8) is 0 Å². The highest BCUT2D eigenvalue weighted by molar-refractivity contribution is 9.10. The van der Waals surface area contributed by atoms with E-state index in [1.807, 2.05) is 0 Å². The fourth-order valence-electron chi connectivity index (χ4n) is 3.76. The van der Waals surface area contributed by atoms with Crippen molar-refractivity contribution in [2.24, 2.45) is 0 Å². The zero-order valence-electron chi connectivity index (χ0n) is 16.9. The molecule has 0 amide bonds. The van der Waals surface area contributed by atoms with E-state index in [4.69, 9.17) is 0 Å². The first-order valence-corrected chi connectivity index (χ1v) is 10.8. The molecule has 3 rings (SSSR count). The van der Waals surface area contributed by atoms with Gasteiger partial charge in [0.15, 0.2) is 0 Å². The Labute approximate surface area is 181 Å². The van der Waals surface area contributed by atoms with Crippen LogP contribution in [0.3, 0.4) is 0 Å². The van der Waals surface area contributed by atoms with Crippen molar-refractivity contribution < 1.29 is 26.3 Å². The van der Waals surface area contributed by atoms with Gasteiger partial charge < -0.3 is 0 Å². The number of alkyl halides is 6. The van der Waals surface area contributed by atoms with Crippen molar-refractivity contribution in [2.75, 3.05) is 0 Å². The molecule has 0 heterocycles. The molecule has 0 saturated heterocycles. The van der Waals surface area contributed by atoms with Crippen molar-refractivity contribution in [1.82, 2.24) is 0 Å². The molecule has 2 aromatic carbocycles.